The molecule has 0 aromatic carbocycles. The van der Waals surface area contributed by atoms with E-state index >= 15 is 0 Å². The van der Waals surface area contributed by atoms with Gasteiger partial charge in [-0.25, -0.2) is 0 Å². The molecule has 0 radical (unpaired) electrons. The van der Waals surface area contributed by atoms with Crippen LogP contribution in [-0.2, 0) is 9.53 Å². The van der Waals surface area contributed by atoms with E-state index in [0.717, 1.165) is 37.0 Å². The molecule has 0 amide bonds. The molecule has 0 heterocycles. The highest BCUT2D eigenvalue weighted by Crippen LogP contribution is 2.65. The minimum absolute atomic E-state index is 0.0117. The van der Waals surface area contributed by atoms with Gasteiger partial charge in [-0.15, -0.1) is 0 Å². The van der Waals surface area contributed by atoms with Crippen molar-refractivity contribution in [3.8, 4) is 0 Å². The molecule has 4 aliphatic carbocycles. The minimum Gasteiger partial charge on any atom is -0.358 e. The summed E-state index contributed by atoms with van der Waals surface area (Å²) >= 11 is 0. The lowest BCUT2D eigenvalue weighted by atomic mass is 9.45. The highest BCUT2D eigenvalue weighted by Gasteiger charge is 2.60. The molecular formula is C23H38N2O2. The first-order chi connectivity index (χ1) is 13.0. The van der Waals surface area contributed by atoms with Crippen molar-refractivity contribution in [2.24, 2.45) is 51.1 Å². The molecule has 0 spiro atoms. The maximum Gasteiger partial charge on any atom is 0.139 e. The lowest BCUT2D eigenvalue weighted by Gasteiger charge is -2.60. The molecule has 0 aromatic heterocycles. The van der Waals surface area contributed by atoms with Crippen LogP contribution in [0.1, 0.15) is 71.6 Å². The Morgan fingerprint density at radius 1 is 1.15 bits per heavy atom. The van der Waals surface area contributed by atoms with Gasteiger partial charge >= 0.3 is 0 Å². The molecule has 4 rings (SSSR count). The van der Waals surface area contributed by atoms with Crippen LogP contribution in [0.3, 0.4) is 0 Å². The molecule has 4 heteroatoms. The molecule has 4 saturated carbocycles. The van der Waals surface area contributed by atoms with E-state index in [0.29, 0.717) is 42.9 Å². The predicted octanol–water partition coefficient (Wildman–Crippen LogP) is 4.22. The van der Waals surface area contributed by atoms with Crippen molar-refractivity contribution in [2.75, 3.05) is 19.9 Å². The van der Waals surface area contributed by atoms with Gasteiger partial charge in [0.2, 0.25) is 0 Å². The van der Waals surface area contributed by atoms with E-state index in [4.69, 9.17) is 10.5 Å². The quantitative estimate of drug-likeness (QED) is 0.579. The van der Waals surface area contributed by atoms with Crippen LogP contribution in [0, 0.1) is 40.4 Å². The second-order valence-corrected chi connectivity index (χ2v) is 10.3. The number of carbonyl (C=O) groups excluding carboxylic acids is 1. The molecule has 152 valence electrons. The van der Waals surface area contributed by atoms with Crippen LogP contribution in [0.5, 0.6) is 0 Å². The summed E-state index contributed by atoms with van der Waals surface area (Å²) in [7, 11) is 0. The fourth-order valence-electron chi connectivity index (χ4n) is 7.59. The number of rotatable bonds is 5. The Balaban J connectivity index is 1.41. The number of hydrogen-bond acceptors (Lipinski definition) is 4. The maximum absolute atomic E-state index is 12.5. The second-order valence-electron chi connectivity index (χ2n) is 10.3. The van der Waals surface area contributed by atoms with Gasteiger partial charge < -0.3 is 10.5 Å². The van der Waals surface area contributed by atoms with Crippen molar-refractivity contribution in [1.82, 2.24) is 0 Å². The van der Waals surface area contributed by atoms with Gasteiger partial charge in [-0.2, -0.15) is 0 Å². The largest absolute Gasteiger partial charge is 0.358 e. The number of nitrogens with zero attached hydrogens (tertiary/aromatic N) is 1. The van der Waals surface area contributed by atoms with Gasteiger partial charge in [-0.1, -0.05) is 13.8 Å². The van der Waals surface area contributed by atoms with Crippen molar-refractivity contribution in [2.45, 2.75) is 71.6 Å². The highest BCUT2D eigenvalue weighted by atomic mass is 16.5. The molecule has 4 nitrogen and oxygen atoms in total. The lowest BCUT2D eigenvalue weighted by Crippen LogP contribution is -2.53. The molecule has 0 saturated heterocycles. The monoisotopic (exact) mass is 374 g/mol. The topological polar surface area (TPSA) is 64.7 Å². The van der Waals surface area contributed by atoms with Gasteiger partial charge in [0.1, 0.15) is 12.5 Å². The summed E-state index contributed by atoms with van der Waals surface area (Å²) in [5.74, 6) is 4.31. The number of Topliss-reactive ketones (excluding diaryl/α,β-unsaturated/α-hetero) is 1. The maximum atomic E-state index is 12.5. The van der Waals surface area contributed by atoms with E-state index in [2.05, 4.69) is 25.1 Å². The van der Waals surface area contributed by atoms with E-state index in [1.807, 2.05) is 0 Å². The van der Waals surface area contributed by atoms with Crippen LogP contribution >= 0.6 is 0 Å². The SMILES string of the molecule is C[C@]12CC[C@H](/C=N/COCCN)CC1CCC1C2CC[C@]2(C)C(=O)CCC12. The summed E-state index contributed by atoms with van der Waals surface area (Å²) in [4.78, 5) is 17.0. The van der Waals surface area contributed by atoms with Crippen molar-refractivity contribution in [1.29, 1.82) is 0 Å². The van der Waals surface area contributed by atoms with Crippen molar-refractivity contribution < 1.29 is 9.53 Å². The van der Waals surface area contributed by atoms with E-state index in [9.17, 15) is 4.79 Å². The number of ether oxygens (including phenoxy) is 1. The van der Waals surface area contributed by atoms with Crippen LogP contribution in [-0.4, -0.2) is 31.9 Å². The molecular weight excluding hydrogens is 336 g/mol. The van der Waals surface area contributed by atoms with Gasteiger partial charge in [-0.05, 0) is 86.4 Å². The zero-order chi connectivity index (χ0) is 19.1. The number of carbonyl (C=O) groups is 1. The van der Waals surface area contributed by atoms with Gasteiger partial charge in [0.05, 0.1) is 6.61 Å². The summed E-state index contributed by atoms with van der Waals surface area (Å²) in [6.45, 7) is 6.49. The Bertz CT molecular complexity index is 591. The first kappa shape index (κ1) is 19.6. The summed E-state index contributed by atoms with van der Waals surface area (Å²) in [5, 5.41) is 0. The predicted molar refractivity (Wildman–Crippen MR) is 109 cm³/mol. The third kappa shape index (κ3) is 3.31. The minimum atomic E-state index is 0.0117. The summed E-state index contributed by atoms with van der Waals surface area (Å²) < 4.78 is 5.38. The third-order valence-electron chi connectivity index (χ3n) is 9.16. The van der Waals surface area contributed by atoms with Crippen molar-refractivity contribution >= 4 is 12.0 Å². The standard InChI is InChI=1S/C23H38N2O2/c1-22-9-7-16(14-25-15-27-12-11-24)13-17(22)3-4-18-19-5-6-21(26)23(19,2)10-8-20(18)22/h14,16-20H,3-13,15,24H2,1-2H3/b25-14+/t16-,17?,18?,19?,20?,22-,23-/m0/s1. The van der Waals surface area contributed by atoms with Crippen molar-refractivity contribution in [3.05, 3.63) is 0 Å². The van der Waals surface area contributed by atoms with E-state index in [-0.39, 0.29) is 5.41 Å². The van der Waals surface area contributed by atoms with Crippen LogP contribution in [0.2, 0.25) is 0 Å². The molecule has 0 bridgehead atoms. The number of nitrogens with two attached hydrogens (primary N) is 1. The van der Waals surface area contributed by atoms with E-state index in [1.54, 1.807) is 0 Å². The van der Waals surface area contributed by atoms with Crippen molar-refractivity contribution in [3.63, 3.8) is 0 Å². The highest BCUT2D eigenvalue weighted by molar-refractivity contribution is 5.87. The number of aliphatic imine (C=N–C) groups is 1. The molecule has 4 aliphatic rings. The molecule has 4 unspecified atom stereocenters. The summed E-state index contributed by atoms with van der Waals surface area (Å²) in [6.07, 6.45) is 13.2. The van der Waals surface area contributed by atoms with Gasteiger partial charge in [0, 0.05) is 24.6 Å². The molecule has 0 aliphatic heterocycles. The first-order valence-electron chi connectivity index (χ1n) is 11.3. The number of ketones is 1. The van der Waals surface area contributed by atoms with Gasteiger partial charge in [0.25, 0.3) is 0 Å². The van der Waals surface area contributed by atoms with Crippen LogP contribution < -0.4 is 5.73 Å². The third-order valence-corrected chi connectivity index (χ3v) is 9.16. The Morgan fingerprint density at radius 2 is 2.00 bits per heavy atom. The first-order valence-corrected chi connectivity index (χ1v) is 11.3. The average Bonchev–Trinajstić information content (AvgIpc) is 2.97. The molecule has 0 aromatic rings. The molecule has 2 N–H and O–H groups in total. The van der Waals surface area contributed by atoms with Crippen LogP contribution in [0.15, 0.2) is 4.99 Å². The second kappa shape index (κ2) is 7.59. The fraction of sp³-hybridized carbons (Fsp3) is 0.913. The van der Waals surface area contributed by atoms with Crippen LogP contribution in [0.25, 0.3) is 0 Å². The molecule has 27 heavy (non-hydrogen) atoms. The summed E-state index contributed by atoms with van der Waals surface area (Å²) in [5.41, 5.74) is 5.94. The summed E-state index contributed by atoms with van der Waals surface area (Å²) in [6, 6.07) is 0. The Labute approximate surface area is 164 Å². The number of hydrogen-bond donors (Lipinski definition) is 1. The average molecular weight is 375 g/mol. The van der Waals surface area contributed by atoms with E-state index < -0.39 is 0 Å². The van der Waals surface area contributed by atoms with E-state index in [1.165, 1.54) is 38.5 Å². The Hall–Kier alpha value is -0.740. The zero-order valence-electron chi connectivity index (χ0n) is 17.3. The smallest absolute Gasteiger partial charge is 0.139 e. The molecule has 4 fully saturated rings. The Kier molecular flexibility index (Phi) is 5.50. The van der Waals surface area contributed by atoms with Crippen LogP contribution in [0.4, 0.5) is 0 Å². The van der Waals surface area contributed by atoms with Gasteiger partial charge in [0.15, 0.2) is 0 Å². The normalized spacial score (nSPS) is 46.9. The Morgan fingerprint density at radius 3 is 2.81 bits per heavy atom. The fourth-order valence-corrected chi connectivity index (χ4v) is 7.59. The lowest BCUT2D eigenvalue weighted by molar-refractivity contribution is -0.139. The number of fused-ring (bicyclic) bond motifs is 5. The van der Waals surface area contributed by atoms with Gasteiger partial charge in [-0.3, -0.25) is 9.79 Å². The zero-order valence-corrected chi connectivity index (χ0v) is 17.3. The molecule has 7 atom stereocenters.